The molecule has 1 unspecified atom stereocenters. The highest BCUT2D eigenvalue weighted by Crippen LogP contribution is 2.18. The number of hydrogen-bond acceptors (Lipinski definition) is 1. The predicted octanol–water partition coefficient (Wildman–Crippen LogP) is 4.83. The van der Waals surface area contributed by atoms with Crippen LogP contribution in [0.3, 0.4) is 0 Å². The summed E-state index contributed by atoms with van der Waals surface area (Å²) in [4.78, 5) is 0. The van der Waals surface area contributed by atoms with Crippen molar-refractivity contribution in [2.45, 2.75) is 26.3 Å². The lowest BCUT2D eigenvalue weighted by molar-refractivity contribution is 0.624. The van der Waals surface area contributed by atoms with Gasteiger partial charge in [-0.15, -0.1) is 0 Å². The molecule has 19 heavy (non-hydrogen) atoms. The van der Waals surface area contributed by atoms with E-state index in [0.717, 1.165) is 17.0 Å². The standard InChI is InChI=1S/C16H17ClFN/c1-11-3-8-16(15(18)9-11)19-12(2)10-13-4-6-14(17)7-5-13/h3-9,12,19H,10H2,1-2H3. The molecule has 2 rings (SSSR count). The molecule has 2 aromatic carbocycles. The van der Waals surface area contributed by atoms with E-state index in [-0.39, 0.29) is 11.9 Å². The first kappa shape index (κ1) is 13.9. The second-order valence-corrected chi connectivity index (χ2v) is 5.30. The van der Waals surface area contributed by atoms with Crippen LogP contribution in [0.25, 0.3) is 0 Å². The van der Waals surface area contributed by atoms with Gasteiger partial charge in [0.15, 0.2) is 0 Å². The fraction of sp³-hybridized carbons (Fsp3) is 0.250. The predicted molar refractivity (Wildman–Crippen MR) is 79.4 cm³/mol. The van der Waals surface area contributed by atoms with Gasteiger partial charge < -0.3 is 5.32 Å². The summed E-state index contributed by atoms with van der Waals surface area (Å²) in [5, 5.41) is 3.92. The van der Waals surface area contributed by atoms with Crippen molar-refractivity contribution in [3.05, 3.63) is 64.4 Å². The van der Waals surface area contributed by atoms with Crippen molar-refractivity contribution in [1.82, 2.24) is 0 Å². The smallest absolute Gasteiger partial charge is 0.146 e. The van der Waals surface area contributed by atoms with Crippen LogP contribution in [0, 0.1) is 12.7 Å². The minimum atomic E-state index is -0.206. The molecule has 0 saturated carbocycles. The zero-order chi connectivity index (χ0) is 13.8. The van der Waals surface area contributed by atoms with Gasteiger partial charge in [-0.2, -0.15) is 0 Å². The molecular weight excluding hydrogens is 261 g/mol. The summed E-state index contributed by atoms with van der Waals surface area (Å²) in [6.45, 7) is 3.91. The summed E-state index contributed by atoms with van der Waals surface area (Å²) in [7, 11) is 0. The molecule has 100 valence electrons. The van der Waals surface area contributed by atoms with E-state index in [1.54, 1.807) is 6.07 Å². The van der Waals surface area contributed by atoms with Crippen LogP contribution >= 0.6 is 11.6 Å². The molecule has 0 aliphatic heterocycles. The summed E-state index contributed by atoms with van der Waals surface area (Å²) in [6, 6.07) is 13.1. The van der Waals surface area contributed by atoms with E-state index >= 15 is 0 Å². The summed E-state index contributed by atoms with van der Waals surface area (Å²) in [5.74, 6) is -0.206. The van der Waals surface area contributed by atoms with Crippen LogP contribution in [0.1, 0.15) is 18.1 Å². The molecule has 1 nitrogen and oxygen atoms in total. The van der Waals surface area contributed by atoms with Gasteiger partial charge in [0.05, 0.1) is 5.69 Å². The molecule has 0 aliphatic rings. The van der Waals surface area contributed by atoms with Gasteiger partial charge in [-0.3, -0.25) is 0 Å². The zero-order valence-electron chi connectivity index (χ0n) is 11.1. The highest BCUT2D eigenvalue weighted by atomic mass is 35.5. The molecule has 0 saturated heterocycles. The molecule has 0 heterocycles. The minimum absolute atomic E-state index is 0.151. The van der Waals surface area contributed by atoms with Crippen LogP contribution < -0.4 is 5.32 Å². The average Bonchev–Trinajstić information content (AvgIpc) is 2.36. The Labute approximate surface area is 118 Å². The third kappa shape index (κ3) is 3.97. The maximum atomic E-state index is 13.7. The molecule has 3 heteroatoms. The third-order valence-electron chi connectivity index (χ3n) is 2.98. The Bertz CT molecular complexity index is 551. The van der Waals surface area contributed by atoms with Crippen LogP contribution in [-0.2, 0) is 6.42 Å². The largest absolute Gasteiger partial charge is 0.380 e. The second kappa shape index (κ2) is 6.07. The Balaban J connectivity index is 2.01. The van der Waals surface area contributed by atoms with Gasteiger partial charge in [-0.1, -0.05) is 29.8 Å². The highest BCUT2D eigenvalue weighted by molar-refractivity contribution is 6.30. The van der Waals surface area contributed by atoms with Crippen molar-refractivity contribution >= 4 is 17.3 Å². The maximum absolute atomic E-state index is 13.7. The van der Waals surface area contributed by atoms with E-state index in [2.05, 4.69) is 5.32 Å². The normalized spacial score (nSPS) is 12.2. The van der Waals surface area contributed by atoms with E-state index in [4.69, 9.17) is 11.6 Å². The summed E-state index contributed by atoms with van der Waals surface area (Å²) < 4.78 is 13.7. The van der Waals surface area contributed by atoms with Gasteiger partial charge >= 0.3 is 0 Å². The van der Waals surface area contributed by atoms with Crippen LogP contribution in [0.15, 0.2) is 42.5 Å². The monoisotopic (exact) mass is 277 g/mol. The number of aryl methyl sites for hydroxylation is 1. The lowest BCUT2D eigenvalue weighted by atomic mass is 10.1. The number of anilines is 1. The summed E-state index contributed by atoms with van der Waals surface area (Å²) >= 11 is 5.85. The topological polar surface area (TPSA) is 12.0 Å². The first-order valence-electron chi connectivity index (χ1n) is 6.32. The lowest BCUT2D eigenvalue weighted by Crippen LogP contribution is -2.18. The molecule has 0 amide bonds. The van der Waals surface area contributed by atoms with Crippen molar-refractivity contribution in [1.29, 1.82) is 0 Å². The van der Waals surface area contributed by atoms with Crippen LogP contribution in [-0.4, -0.2) is 6.04 Å². The quantitative estimate of drug-likeness (QED) is 0.844. The fourth-order valence-electron chi connectivity index (χ4n) is 2.03. The zero-order valence-corrected chi connectivity index (χ0v) is 11.8. The van der Waals surface area contributed by atoms with Gasteiger partial charge in [0.2, 0.25) is 0 Å². The Morgan fingerprint density at radius 1 is 1.16 bits per heavy atom. The SMILES string of the molecule is Cc1ccc(NC(C)Cc2ccc(Cl)cc2)c(F)c1. The summed E-state index contributed by atoms with van der Waals surface area (Å²) in [6.07, 6.45) is 0.824. The number of halogens is 2. The molecule has 0 radical (unpaired) electrons. The Kier molecular flexibility index (Phi) is 4.43. The van der Waals surface area contributed by atoms with Crippen LogP contribution in [0.5, 0.6) is 0 Å². The Morgan fingerprint density at radius 3 is 2.47 bits per heavy atom. The number of rotatable bonds is 4. The second-order valence-electron chi connectivity index (χ2n) is 4.86. The molecule has 1 atom stereocenters. The molecular formula is C16H17ClFN. The van der Waals surface area contributed by atoms with Crippen molar-refractivity contribution in [3.63, 3.8) is 0 Å². The summed E-state index contributed by atoms with van der Waals surface area (Å²) in [5.41, 5.74) is 2.65. The highest BCUT2D eigenvalue weighted by Gasteiger charge is 2.07. The van der Waals surface area contributed by atoms with E-state index in [1.807, 2.05) is 44.2 Å². The molecule has 0 bridgehead atoms. The molecule has 0 spiro atoms. The van der Waals surface area contributed by atoms with E-state index in [9.17, 15) is 4.39 Å². The molecule has 0 fully saturated rings. The third-order valence-corrected chi connectivity index (χ3v) is 3.23. The first-order valence-corrected chi connectivity index (χ1v) is 6.69. The number of benzene rings is 2. The first-order chi connectivity index (χ1) is 9.04. The maximum Gasteiger partial charge on any atom is 0.146 e. The number of hydrogen-bond donors (Lipinski definition) is 1. The molecule has 1 N–H and O–H groups in total. The minimum Gasteiger partial charge on any atom is -0.380 e. The van der Waals surface area contributed by atoms with Crippen molar-refractivity contribution in [2.75, 3.05) is 5.32 Å². The van der Waals surface area contributed by atoms with Gasteiger partial charge in [-0.25, -0.2) is 4.39 Å². The van der Waals surface area contributed by atoms with Crippen LogP contribution in [0.4, 0.5) is 10.1 Å². The van der Waals surface area contributed by atoms with E-state index in [1.165, 1.54) is 11.6 Å². The van der Waals surface area contributed by atoms with Crippen molar-refractivity contribution < 1.29 is 4.39 Å². The van der Waals surface area contributed by atoms with Crippen molar-refractivity contribution in [2.24, 2.45) is 0 Å². The molecule has 0 aromatic heterocycles. The molecule has 0 aliphatic carbocycles. The Morgan fingerprint density at radius 2 is 1.84 bits per heavy atom. The molecule has 2 aromatic rings. The van der Waals surface area contributed by atoms with Gasteiger partial charge in [-0.05, 0) is 55.7 Å². The Hall–Kier alpha value is -1.54. The fourth-order valence-corrected chi connectivity index (χ4v) is 2.15. The van der Waals surface area contributed by atoms with Crippen molar-refractivity contribution in [3.8, 4) is 0 Å². The van der Waals surface area contributed by atoms with Gasteiger partial charge in [0, 0.05) is 11.1 Å². The van der Waals surface area contributed by atoms with E-state index in [0.29, 0.717) is 5.69 Å². The lowest BCUT2D eigenvalue weighted by Gasteiger charge is -2.16. The van der Waals surface area contributed by atoms with E-state index < -0.39 is 0 Å². The van der Waals surface area contributed by atoms with Gasteiger partial charge in [0.25, 0.3) is 0 Å². The van der Waals surface area contributed by atoms with Gasteiger partial charge in [0.1, 0.15) is 5.82 Å². The van der Waals surface area contributed by atoms with Crippen LogP contribution in [0.2, 0.25) is 5.02 Å². The number of nitrogens with one attached hydrogen (secondary N) is 1. The average molecular weight is 278 g/mol.